The van der Waals surface area contributed by atoms with Gasteiger partial charge < -0.3 is 11.5 Å². The number of benzene rings is 1. The molecule has 0 spiro atoms. The number of primary amides is 1. The first kappa shape index (κ1) is 11.9. The molecule has 1 atom stereocenters. The minimum absolute atomic E-state index is 0.105. The number of nitrogens with two attached hydrogens (primary N) is 2. The highest BCUT2D eigenvalue weighted by Gasteiger charge is 2.09. The van der Waals surface area contributed by atoms with E-state index in [0.29, 0.717) is 5.75 Å². The third kappa shape index (κ3) is 3.47. The van der Waals surface area contributed by atoms with Crippen LogP contribution >= 0.6 is 11.8 Å². The largest absolute Gasteiger partial charge is 0.399 e. The molecule has 1 amide bonds. The lowest BCUT2D eigenvalue weighted by atomic mass is 10.2. The molecule has 0 fully saturated rings. The molecule has 0 radical (unpaired) electrons. The highest BCUT2D eigenvalue weighted by atomic mass is 32.2. The normalized spacial score (nSPS) is 12.4. The highest BCUT2D eigenvalue weighted by molar-refractivity contribution is 7.99. The number of rotatable bonds is 4. The number of carbonyl (C=O) groups excluding carboxylic acids is 1. The number of thioether (sulfide) groups is 1. The predicted octanol–water partition coefficient (Wildman–Crippen LogP) is 1.79. The zero-order chi connectivity index (χ0) is 11.4. The summed E-state index contributed by atoms with van der Waals surface area (Å²) in [5.41, 5.74) is 12.7. The maximum Gasteiger partial charge on any atom is 0.221 e. The Balaban J connectivity index is 2.62. The van der Waals surface area contributed by atoms with Crippen molar-refractivity contribution in [2.45, 2.75) is 18.7 Å². The van der Waals surface area contributed by atoms with Gasteiger partial charge in [-0.05, 0) is 30.7 Å². The lowest BCUT2D eigenvalue weighted by molar-refractivity contribution is -0.120. The van der Waals surface area contributed by atoms with E-state index in [4.69, 9.17) is 11.5 Å². The number of aryl methyl sites for hydroxylation is 1. The third-order valence-electron chi connectivity index (χ3n) is 2.17. The summed E-state index contributed by atoms with van der Waals surface area (Å²) in [6.07, 6.45) is 0. The van der Waals surface area contributed by atoms with Crippen molar-refractivity contribution < 1.29 is 4.79 Å². The Hall–Kier alpha value is -1.16. The van der Waals surface area contributed by atoms with Crippen LogP contribution in [0.5, 0.6) is 0 Å². The van der Waals surface area contributed by atoms with Crippen LogP contribution < -0.4 is 11.5 Å². The number of hydrogen-bond acceptors (Lipinski definition) is 3. The Morgan fingerprint density at radius 3 is 2.73 bits per heavy atom. The van der Waals surface area contributed by atoms with E-state index < -0.39 is 0 Å². The molecule has 1 aromatic carbocycles. The van der Waals surface area contributed by atoms with Crippen LogP contribution in [0.15, 0.2) is 23.1 Å². The predicted molar refractivity (Wildman–Crippen MR) is 64.7 cm³/mol. The van der Waals surface area contributed by atoms with Crippen LogP contribution in [0.25, 0.3) is 0 Å². The first-order chi connectivity index (χ1) is 7.00. The van der Waals surface area contributed by atoms with E-state index in [-0.39, 0.29) is 11.8 Å². The number of carbonyl (C=O) groups is 1. The molecule has 0 aliphatic rings. The average molecular weight is 224 g/mol. The maximum absolute atomic E-state index is 10.8. The van der Waals surface area contributed by atoms with Gasteiger partial charge in [-0.1, -0.05) is 6.92 Å². The van der Waals surface area contributed by atoms with Crippen molar-refractivity contribution in [2.75, 3.05) is 11.5 Å². The van der Waals surface area contributed by atoms with Gasteiger partial charge in [-0.15, -0.1) is 11.8 Å². The summed E-state index contributed by atoms with van der Waals surface area (Å²) in [7, 11) is 0. The molecule has 0 aliphatic heterocycles. The maximum atomic E-state index is 10.8. The summed E-state index contributed by atoms with van der Waals surface area (Å²) in [6.45, 7) is 3.84. The number of hydrogen-bond donors (Lipinski definition) is 2. The summed E-state index contributed by atoms with van der Waals surface area (Å²) >= 11 is 1.64. The monoisotopic (exact) mass is 224 g/mol. The van der Waals surface area contributed by atoms with Crippen LogP contribution in [0.3, 0.4) is 0 Å². The van der Waals surface area contributed by atoms with E-state index in [2.05, 4.69) is 0 Å². The second-order valence-electron chi connectivity index (χ2n) is 3.64. The van der Waals surface area contributed by atoms with Gasteiger partial charge in [0, 0.05) is 22.3 Å². The molecular weight excluding hydrogens is 208 g/mol. The van der Waals surface area contributed by atoms with Crippen LogP contribution in [0, 0.1) is 12.8 Å². The molecule has 4 N–H and O–H groups in total. The van der Waals surface area contributed by atoms with Crippen molar-refractivity contribution >= 4 is 23.4 Å². The van der Waals surface area contributed by atoms with Crippen molar-refractivity contribution in [3.8, 4) is 0 Å². The summed E-state index contributed by atoms with van der Waals surface area (Å²) in [4.78, 5) is 12.0. The Morgan fingerprint density at radius 2 is 2.20 bits per heavy atom. The summed E-state index contributed by atoms with van der Waals surface area (Å²) in [5, 5.41) is 0. The number of nitrogen functional groups attached to an aromatic ring is 1. The molecule has 0 saturated heterocycles. The van der Waals surface area contributed by atoms with Gasteiger partial charge in [0.05, 0.1) is 0 Å². The van der Waals surface area contributed by atoms with E-state index in [1.54, 1.807) is 11.8 Å². The molecule has 0 saturated carbocycles. The quantitative estimate of drug-likeness (QED) is 0.605. The SMILES string of the molecule is Cc1cc(N)ccc1SCC(C)C(N)=O. The van der Waals surface area contributed by atoms with E-state index in [1.165, 1.54) is 0 Å². The van der Waals surface area contributed by atoms with E-state index >= 15 is 0 Å². The van der Waals surface area contributed by atoms with Crippen LogP contribution in [0.2, 0.25) is 0 Å². The van der Waals surface area contributed by atoms with Gasteiger partial charge in [-0.2, -0.15) is 0 Å². The molecule has 1 aromatic rings. The van der Waals surface area contributed by atoms with Gasteiger partial charge in [0.25, 0.3) is 0 Å². The molecule has 15 heavy (non-hydrogen) atoms. The van der Waals surface area contributed by atoms with Crippen LogP contribution in [-0.4, -0.2) is 11.7 Å². The minimum atomic E-state index is -0.254. The van der Waals surface area contributed by atoms with E-state index in [9.17, 15) is 4.79 Å². The molecule has 0 bridgehead atoms. The van der Waals surface area contributed by atoms with Crippen LogP contribution in [0.4, 0.5) is 5.69 Å². The van der Waals surface area contributed by atoms with Gasteiger partial charge in [-0.3, -0.25) is 4.79 Å². The minimum Gasteiger partial charge on any atom is -0.399 e. The van der Waals surface area contributed by atoms with Gasteiger partial charge in [0.15, 0.2) is 0 Å². The molecule has 0 aliphatic carbocycles. The standard InChI is InChI=1S/C11H16N2OS/c1-7-5-9(12)3-4-10(7)15-6-8(2)11(13)14/h3-5,8H,6,12H2,1-2H3,(H2,13,14). The fourth-order valence-electron chi connectivity index (χ4n) is 1.13. The van der Waals surface area contributed by atoms with Crippen molar-refractivity contribution in [1.29, 1.82) is 0 Å². The smallest absolute Gasteiger partial charge is 0.221 e. The van der Waals surface area contributed by atoms with Gasteiger partial charge in [0.1, 0.15) is 0 Å². The fourth-order valence-corrected chi connectivity index (χ4v) is 2.18. The molecule has 82 valence electrons. The molecule has 1 rings (SSSR count). The molecule has 0 aromatic heterocycles. The Morgan fingerprint density at radius 1 is 1.53 bits per heavy atom. The molecule has 0 heterocycles. The summed E-state index contributed by atoms with van der Waals surface area (Å²) in [5.74, 6) is 0.350. The highest BCUT2D eigenvalue weighted by Crippen LogP contribution is 2.25. The Bertz CT molecular complexity index is 366. The summed E-state index contributed by atoms with van der Waals surface area (Å²) < 4.78 is 0. The van der Waals surface area contributed by atoms with Crippen molar-refractivity contribution in [1.82, 2.24) is 0 Å². The van der Waals surface area contributed by atoms with Crippen molar-refractivity contribution in [2.24, 2.45) is 11.7 Å². The zero-order valence-corrected chi connectivity index (χ0v) is 9.80. The fraction of sp³-hybridized carbons (Fsp3) is 0.364. The second kappa shape index (κ2) is 5.07. The number of amides is 1. The molecule has 3 nitrogen and oxygen atoms in total. The van der Waals surface area contributed by atoms with Crippen molar-refractivity contribution in [3.63, 3.8) is 0 Å². The van der Waals surface area contributed by atoms with Gasteiger partial charge in [0.2, 0.25) is 5.91 Å². The lowest BCUT2D eigenvalue weighted by Crippen LogP contribution is -2.22. The topological polar surface area (TPSA) is 69.1 Å². The van der Waals surface area contributed by atoms with Gasteiger partial charge in [-0.25, -0.2) is 0 Å². The molecule has 1 unspecified atom stereocenters. The van der Waals surface area contributed by atoms with Crippen LogP contribution in [-0.2, 0) is 4.79 Å². The Kier molecular flexibility index (Phi) is 4.03. The molecule has 4 heteroatoms. The Labute approximate surface area is 94.2 Å². The van der Waals surface area contributed by atoms with E-state index in [0.717, 1.165) is 16.1 Å². The zero-order valence-electron chi connectivity index (χ0n) is 8.99. The van der Waals surface area contributed by atoms with E-state index in [1.807, 2.05) is 32.0 Å². The average Bonchev–Trinajstić information content (AvgIpc) is 2.15. The second-order valence-corrected chi connectivity index (χ2v) is 4.70. The first-order valence-corrected chi connectivity index (χ1v) is 5.77. The van der Waals surface area contributed by atoms with Gasteiger partial charge >= 0.3 is 0 Å². The molecular formula is C11H16N2OS. The summed E-state index contributed by atoms with van der Waals surface area (Å²) in [6, 6.07) is 5.77. The number of anilines is 1. The van der Waals surface area contributed by atoms with Crippen molar-refractivity contribution in [3.05, 3.63) is 23.8 Å². The van der Waals surface area contributed by atoms with Crippen LogP contribution in [0.1, 0.15) is 12.5 Å². The first-order valence-electron chi connectivity index (χ1n) is 4.79. The lowest BCUT2D eigenvalue weighted by Gasteiger charge is -2.09. The third-order valence-corrected chi connectivity index (χ3v) is 3.61.